The van der Waals surface area contributed by atoms with Crippen molar-refractivity contribution in [3.05, 3.63) is 119 Å². The van der Waals surface area contributed by atoms with Gasteiger partial charge in [0.25, 0.3) is 0 Å². The zero-order valence-corrected chi connectivity index (χ0v) is 26.4. The fraction of sp³-hybridized carbons (Fsp3) is 0. The molecule has 0 spiro atoms. The van der Waals surface area contributed by atoms with Crippen LogP contribution in [0.1, 0.15) is 22.3 Å². The number of hydrogen-bond acceptors (Lipinski definition) is 6. The van der Waals surface area contributed by atoms with Gasteiger partial charge in [-0.3, -0.25) is 0 Å². The minimum absolute atomic E-state index is 0. The maximum Gasteiger partial charge on any atom is 1.00 e. The zero-order chi connectivity index (χ0) is 25.8. The Labute approximate surface area is 267 Å². The third-order valence-corrected chi connectivity index (χ3v) is 7.05. The molecule has 0 saturated heterocycles. The van der Waals surface area contributed by atoms with Crippen LogP contribution in [0.2, 0.25) is 0 Å². The van der Waals surface area contributed by atoms with Crippen molar-refractivity contribution in [1.82, 2.24) is 0 Å². The predicted molar refractivity (Wildman–Crippen MR) is 139 cm³/mol. The second kappa shape index (κ2) is 14.0. The Morgan fingerprint density at radius 3 is 1.08 bits per heavy atom. The SMILES string of the molecule is O=S(=O)([O-])c1cccc(C=Cc2ccc(-c3ccc(C=Cc4cccc(S(=O)(=O)[O-])c4)cc3)cc2)c1.[Na+].[Na+]. The van der Waals surface area contributed by atoms with E-state index in [0.29, 0.717) is 11.1 Å². The minimum Gasteiger partial charge on any atom is -0.744 e. The molecule has 4 aromatic rings. The van der Waals surface area contributed by atoms with Crippen molar-refractivity contribution in [2.24, 2.45) is 0 Å². The summed E-state index contributed by atoms with van der Waals surface area (Å²) in [6.07, 6.45) is 7.16. The molecule has 0 aliphatic rings. The average molecular weight is 563 g/mol. The van der Waals surface area contributed by atoms with Crippen molar-refractivity contribution in [2.75, 3.05) is 0 Å². The van der Waals surface area contributed by atoms with Crippen LogP contribution in [-0.4, -0.2) is 25.9 Å². The second-order valence-corrected chi connectivity index (χ2v) is 10.7. The van der Waals surface area contributed by atoms with Gasteiger partial charge in [-0.05, 0) is 57.6 Å². The monoisotopic (exact) mass is 562 g/mol. The molecule has 0 aliphatic heterocycles. The molecule has 182 valence electrons. The summed E-state index contributed by atoms with van der Waals surface area (Å²) >= 11 is 0. The van der Waals surface area contributed by atoms with Crippen LogP contribution in [0.3, 0.4) is 0 Å². The van der Waals surface area contributed by atoms with E-state index < -0.39 is 20.2 Å². The van der Waals surface area contributed by atoms with Gasteiger partial charge in [0.05, 0.1) is 9.79 Å². The smallest absolute Gasteiger partial charge is 0.744 e. The molecule has 4 aromatic carbocycles. The van der Waals surface area contributed by atoms with E-state index in [4.69, 9.17) is 0 Å². The Kier molecular flexibility index (Phi) is 11.9. The van der Waals surface area contributed by atoms with E-state index in [0.717, 1.165) is 22.3 Å². The van der Waals surface area contributed by atoms with E-state index in [9.17, 15) is 25.9 Å². The van der Waals surface area contributed by atoms with Crippen molar-refractivity contribution in [2.45, 2.75) is 9.79 Å². The number of benzene rings is 4. The van der Waals surface area contributed by atoms with Crippen molar-refractivity contribution < 1.29 is 85.1 Å². The molecule has 38 heavy (non-hydrogen) atoms. The topological polar surface area (TPSA) is 114 Å². The summed E-state index contributed by atoms with van der Waals surface area (Å²) in [6, 6.07) is 27.3. The average Bonchev–Trinajstić information content (AvgIpc) is 2.86. The zero-order valence-electron chi connectivity index (χ0n) is 20.8. The summed E-state index contributed by atoms with van der Waals surface area (Å²) in [5.74, 6) is 0. The third kappa shape index (κ3) is 9.14. The van der Waals surface area contributed by atoms with Crippen LogP contribution in [0.4, 0.5) is 0 Å². The standard InChI is InChI=1S/C28H22O6S2.2Na/c29-35(30,31)27-5-1-3-23(19-27)9-7-21-11-15-25(16-12-21)26-17-13-22(14-18-26)8-10-24-4-2-6-28(20-24)36(32,33)34;;/h1-20H,(H,29,30,31)(H,32,33,34);;/q;2*+1/p-2. The van der Waals surface area contributed by atoms with Crippen LogP contribution in [-0.2, 0) is 20.2 Å². The molecular weight excluding hydrogens is 542 g/mol. The van der Waals surface area contributed by atoms with E-state index in [2.05, 4.69) is 0 Å². The molecule has 0 bridgehead atoms. The number of hydrogen-bond donors (Lipinski definition) is 0. The number of rotatable bonds is 7. The Bertz CT molecular complexity index is 1530. The molecule has 0 aromatic heterocycles. The van der Waals surface area contributed by atoms with E-state index in [-0.39, 0.29) is 68.9 Å². The Morgan fingerprint density at radius 1 is 0.447 bits per heavy atom. The fourth-order valence-corrected chi connectivity index (χ4v) is 4.56. The summed E-state index contributed by atoms with van der Waals surface area (Å²) < 4.78 is 67.1. The summed E-state index contributed by atoms with van der Waals surface area (Å²) in [4.78, 5) is -0.524. The third-order valence-electron chi connectivity index (χ3n) is 5.38. The van der Waals surface area contributed by atoms with Gasteiger partial charge >= 0.3 is 59.1 Å². The van der Waals surface area contributed by atoms with Crippen LogP contribution in [0.5, 0.6) is 0 Å². The van der Waals surface area contributed by atoms with Gasteiger partial charge in [-0.25, -0.2) is 16.8 Å². The molecule has 0 atom stereocenters. The first-order chi connectivity index (χ1) is 17.1. The van der Waals surface area contributed by atoms with Crippen molar-refractivity contribution in [1.29, 1.82) is 0 Å². The molecular formula is C28H20Na2O6S2. The van der Waals surface area contributed by atoms with Gasteiger partial charge in [0, 0.05) is 0 Å². The van der Waals surface area contributed by atoms with Gasteiger partial charge in [0.2, 0.25) is 0 Å². The van der Waals surface area contributed by atoms with Crippen LogP contribution >= 0.6 is 0 Å². The van der Waals surface area contributed by atoms with Gasteiger partial charge in [-0.15, -0.1) is 0 Å². The molecule has 0 fully saturated rings. The molecule has 0 aliphatic carbocycles. The Balaban J connectivity index is 0.00000253. The van der Waals surface area contributed by atoms with Crippen molar-refractivity contribution in [3.63, 3.8) is 0 Å². The van der Waals surface area contributed by atoms with Gasteiger partial charge in [-0.1, -0.05) is 97.1 Å². The fourth-order valence-electron chi connectivity index (χ4n) is 3.51. The van der Waals surface area contributed by atoms with Crippen LogP contribution in [0, 0.1) is 0 Å². The van der Waals surface area contributed by atoms with E-state index in [1.165, 1.54) is 36.4 Å². The molecule has 0 radical (unpaired) electrons. The molecule has 0 unspecified atom stereocenters. The molecule has 0 amide bonds. The van der Waals surface area contributed by atoms with Crippen LogP contribution in [0.15, 0.2) is 107 Å². The summed E-state index contributed by atoms with van der Waals surface area (Å²) in [7, 11) is -8.99. The normalized spacial score (nSPS) is 11.7. The first kappa shape index (κ1) is 32.4. The van der Waals surface area contributed by atoms with E-state index >= 15 is 0 Å². The van der Waals surface area contributed by atoms with Crippen molar-refractivity contribution in [3.8, 4) is 11.1 Å². The molecule has 6 nitrogen and oxygen atoms in total. The van der Waals surface area contributed by atoms with Crippen molar-refractivity contribution >= 4 is 44.5 Å². The maximum atomic E-state index is 11.2. The Morgan fingerprint density at radius 2 is 0.763 bits per heavy atom. The van der Waals surface area contributed by atoms with Crippen LogP contribution < -0.4 is 59.1 Å². The Hall–Kier alpha value is -1.82. The molecule has 4 rings (SSSR count). The first-order valence-corrected chi connectivity index (χ1v) is 13.6. The molecule has 10 heteroatoms. The van der Waals surface area contributed by atoms with Crippen LogP contribution in [0.25, 0.3) is 35.4 Å². The maximum absolute atomic E-state index is 11.2. The molecule has 0 saturated carbocycles. The summed E-state index contributed by atoms with van der Waals surface area (Å²) in [5.41, 5.74) is 5.07. The summed E-state index contributed by atoms with van der Waals surface area (Å²) in [5, 5.41) is 0. The first-order valence-electron chi connectivity index (χ1n) is 10.8. The predicted octanol–water partition coefficient (Wildman–Crippen LogP) is -0.489. The van der Waals surface area contributed by atoms with Gasteiger partial charge in [0.15, 0.2) is 0 Å². The van der Waals surface area contributed by atoms with Gasteiger partial charge in [0.1, 0.15) is 20.2 Å². The molecule has 0 heterocycles. The van der Waals surface area contributed by atoms with Gasteiger partial charge < -0.3 is 9.11 Å². The van der Waals surface area contributed by atoms with Gasteiger partial charge in [-0.2, -0.15) is 0 Å². The minimum atomic E-state index is -4.49. The van der Waals surface area contributed by atoms with E-state index in [1.807, 2.05) is 60.7 Å². The van der Waals surface area contributed by atoms with E-state index in [1.54, 1.807) is 24.3 Å². The largest absolute Gasteiger partial charge is 1.00 e. The quantitative estimate of drug-likeness (QED) is 0.171. The molecule has 0 N–H and O–H groups in total. The second-order valence-electron chi connectivity index (χ2n) is 7.96. The summed E-state index contributed by atoms with van der Waals surface area (Å²) in [6.45, 7) is 0.